The summed E-state index contributed by atoms with van der Waals surface area (Å²) in [4.78, 5) is 33.7. The van der Waals surface area contributed by atoms with Crippen LogP contribution in [-0.2, 0) is 17.6 Å². The van der Waals surface area contributed by atoms with Gasteiger partial charge in [0.05, 0.1) is 18.2 Å². The van der Waals surface area contributed by atoms with Crippen molar-refractivity contribution in [3.63, 3.8) is 0 Å². The van der Waals surface area contributed by atoms with Crippen LogP contribution in [0.15, 0.2) is 66.9 Å². The molecule has 1 aromatic heterocycles. The summed E-state index contributed by atoms with van der Waals surface area (Å²) in [7, 11) is 0. The van der Waals surface area contributed by atoms with E-state index in [0.717, 1.165) is 47.7 Å². The number of nitrogens with zero attached hydrogens (tertiary/aromatic N) is 2. The Kier molecular flexibility index (Phi) is 7.26. The maximum absolute atomic E-state index is 14.4. The number of carbonyl (C=O) groups excluding carboxylic acids is 1. The molecule has 2 atom stereocenters. The molecule has 4 aliphatic rings. The fourth-order valence-electron chi connectivity index (χ4n) is 8.34. The number of para-hydroxylation sites is 1. The maximum atomic E-state index is 14.4. The molecule has 0 radical (unpaired) electrons. The minimum Gasteiger partial charge on any atom is -0.465 e. The highest BCUT2D eigenvalue weighted by molar-refractivity contribution is 5.91. The lowest BCUT2D eigenvalue weighted by Gasteiger charge is -2.59. The third kappa shape index (κ3) is 4.96. The topological polar surface area (TPSA) is 103 Å². The molecule has 7 heteroatoms. The van der Waals surface area contributed by atoms with E-state index in [1.165, 1.54) is 11.3 Å². The van der Waals surface area contributed by atoms with Gasteiger partial charge in [-0.1, -0.05) is 48.5 Å². The summed E-state index contributed by atoms with van der Waals surface area (Å²) in [5.41, 5.74) is 1.33. The average Bonchev–Trinajstić information content (AvgIpc) is 2.94. The van der Waals surface area contributed by atoms with E-state index in [9.17, 15) is 19.8 Å². The Morgan fingerprint density at radius 3 is 2.27 bits per heavy atom. The molecule has 4 saturated carbocycles. The van der Waals surface area contributed by atoms with Crippen molar-refractivity contribution < 1.29 is 19.8 Å². The number of amides is 2. The maximum Gasteiger partial charge on any atom is 0.408 e. The lowest BCUT2D eigenvalue weighted by atomic mass is 9.53. The molecule has 4 bridgehead atoms. The quantitative estimate of drug-likeness (QED) is 0.351. The smallest absolute Gasteiger partial charge is 0.408 e. The zero-order valence-electron chi connectivity index (χ0n) is 23.1. The van der Waals surface area contributed by atoms with Crippen molar-refractivity contribution in [2.24, 2.45) is 23.7 Å². The normalized spacial score (nSPS) is 27.2. The number of pyridine rings is 1. The van der Waals surface area contributed by atoms with Crippen LogP contribution in [0.4, 0.5) is 4.79 Å². The first-order valence-corrected chi connectivity index (χ1v) is 14.7. The molecule has 40 heavy (non-hydrogen) atoms. The molecule has 0 saturated heterocycles. The van der Waals surface area contributed by atoms with Crippen molar-refractivity contribution in [2.75, 3.05) is 6.61 Å². The molecule has 7 nitrogen and oxygen atoms in total. The number of rotatable bonds is 9. The van der Waals surface area contributed by atoms with Crippen molar-refractivity contribution >= 4 is 22.9 Å². The number of aromatic nitrogens is 1. The second-order valence-corrected chi connectivity index (χ2v) is 12.6. The van der Waals surface area contributed by atoms with Crippen LogP contribution < -0.4 is 5.32 Å². The van der Waals surface area contributed by atoms with Gasteiger partial charge in [-0.3, -0.25) is 14.7 Å². The van der Waals surface area contributed by atoms with Gasteiger partial charge in [-0.2, -0.15) is 0 Å². The van der Waals surface area contributed by atoms with Crippen LogP contribution >= 0.6 is 0 Å². The van der Waals surface area contributed by atoms with E-state index in [4.69, 9.17) is 0 Å². The SMILES string of the molecule is CC(Cc1ccnc2ccccc12)(C(=O)NC(CO)Cc1ccccc1)N(C(=O)O)C1C2CC3CC(C2)CC1C3. The zero-order chi connectivity index (χ0) is 27.9. The predicted molar refractivity (Wildman–Crippen MR) is 154 cm³/mol. The van der Waals surface area contributed by atoms with E-state index >= 15 is 0 Å². The highest BCUT2D eigenvalue weighted by atomic mass is 16.4. The number of aliphatic hydroxyl groups excluding tert-OH is 1. The van der Waals surface area contributed by atoms with Crippen LogP contribution in [0.5, 0.6) is 0 Å². The minimum absolute atomic E-state index is 0.184. The third-order valence-electron chi connectivity index (χ3n) is 9.86. The van der Waals surface area contributed by atoms with E-state index in [2.05, 4.69) is 10.3 Å². The van der Waals surface area contributed by atoms with E-state index < -0.39 is 17.7 Å². The van der Waals surface area contributed by atoms with Crippen LogP contribution in [0.1, 0.15) is 50.2 Å². The first-order chi connectivity index (χ1) is 19.4. The highest BCUT2D eigenvalue weighted by Gasteiger charge is 2.56. The number of aliphatic hydroxyl groups is 1. The Bertz CT molecular complexity index is 1350. The van der Waals surface area contributed by atoms with Crippen LogP contribution in [-0.4, -0.2) is 56.3 Å². The van der Waals surface area contributed by atoms with Crippen LogP contribution in [0.2, 0.25) is 0 Å². The van der Waals surface area contributed by atoms with Crippen molar-refractivity contribution in [3.05, 3.63) is 78.0 Å². The number of carbonyl (C=O) groups is 2. The molecule has 2 aromatic carbocycles. The van der Waals surface area contributed by atoms with Crippen molar-refractivity contribution in [1.82, 2.24) is 15.2 Å². The first kappa shape index (κ1) is 26.8. The Balaban J connectivity index is 1.38. The summed E-state index contributed by atoms with van der Waals surface area (Å²) < 4.78 is 0. The standard InChI is InChI=1S/C33H39N3O4/c1-33(19-24-11-12-34-29-10-6-5-9-28(24)29,31(38)35-27(20-37)18-21-7-3-2-4-8-21)36(32(39)40)30-25-14-22-13-23(16-25)17-26(30)15-22/h2-12,22-23,25-27,30,37H,13-20H2,1H3,(H,35,38)(H,39,40). The van der Waals surface area contributed by atoms with Crippen molar-refractivity contribution in [2.45, 2.75) is 69.5 Å². The number of benzene rings is 2. The molecule has 4 aliphatic carbocycles. The number of nitrogens with one attached hydrogen (secondary N) is 1. The van der Waals surface area contributed by atoms with E-state index in [1.807, 2.05) is 60.7 Å². The summed E-state index contributed by atoms with van der Waals surface area (Å²) >= 11 is 0. The van der Waals surface area contributed by atoms with Gasteiger partial charge >= 0.3 is 6.09 Å². The summed E-state index contributed by atoms with van der Waals surface area (Å²) in [6.07, 6.45) is 6.83. The van der Waals surface area contributed by atoms with Crippen molar-refractivity contribution in [1.29, 1.82) is 0 Å². The van der Waals surface area contributed by atoms with Gasteiger partial charge in [0, 0.05) is 24.0 Å². The number of hydrogen-bond donors (Lipinski definition) is 3. The second kappa shape index (κ2) is 10.8. The van der Waals surface area contributed by atoms with Gasteiger partial charge in [0.25, 0.3) is 0 Å². The van der Waals surface area contributed by atoms with Gasteiger partial charge in [0.2, 0.25) is 5.91 Å². The van der Waals surface area contributed by atoms with Crippen LogP contribution in [0, 0.1) is 23.7 Å². The van der Waals surface area contributed by atoms with E-state index in [0.29, 0.717) is 18.3 Å². The van der Waals surface area contributed by atoms with Crippen LogP contribution in [0.3, 0.4) is 0 Å². The minimum atomic E-state index is -1.37. The largest absolute Gasteiger partial charge is 0.465 e. The lowest BCUT2D eigenvalue weighted by molar-refractivity contribution is -0.141. The fourth-order valence-corrected chi connectivity index (χ4v) is 8.34. The fraction of sp³-hybridized carbons (Fsp3) is 0.485. The Morgan fingerprint density at radius 1 is 0.975 bits per heavy atom. The van der Waals surface area contributed by atoms with Gasteiger partial charge in [-0.15, -0.1) is 0 Å². The predicted octanol–water partition coefficient (Wildman–Crippen LogP) is 5.06. The van der Waals surface area contributed by atoms with Crippen molar-refractivity contribution in [3.8, 4) is 0 Å². The molecular formula is C33H39N3O4. The van der Waals surface area contributed by atoms with Gasteiger partial charge in [-0.25, -0.2) is 4.79 Å². The number of fused-ring (bicyclic) bond motifs is 1. The monoisotopic (exact) mass is 541 g/mol. The summed E-state index contributed by atoms with van der Waals surface area (Å²) in [6.45, 7) is 1.55. The molecule has 2 amide bonds. The molecule has 3 N–H and O–H groups in total. The van der Waals surface area contributed by atoms with Gasteiger partial charge in [0.1, 0.15) is 5.54 Å². The molecule has 210 valence electrons. The number of hydrogen-bond acceptors (Lipinski definition) is 4. The molecule has 2 unspecified atom stereocenters. The summed E-state index contributed by atoms with van der Waals surface area (Å²) in [5, 5.41) is 25.1. The molecule has 7 rings (SSSR count). The average molecular weight is 542 g/mol. The van der Waals surface area contributed by atoms with E-state index in [1.54, 1.807) is 13.1 Å². The Morgan fingerprint density at radius 2 is 1.62 bits per heavy atom. The lowest BCUT2D eigenvalue weighted by Crippen LogP contribution is -2.69. The molecule has 4 fully saturated rings. The summed E-state index contributed by atoms with van der Waals surface area (Å²) in [6, 6.07) is 18.7. The van der Waals surface area contributed by atoms with Gasteiger partial charge in [0.15, 0.2) is 0 Å². The zero-order valence-corrected chi connectivity index (χ0v) is 23.1. The second-order valence-electron chi connectivity index (χ2n) is 12.6. The molecule has 1 heterocycles. The molecule has 0 aliphatic heterocycles. The Labute approximate surface area is 235 Å². The molecule has 3 aromatic rings. The number of carboxylic acid groups (broad SMARTS) is 1. The van der Waals surface area contributed by atoms with E-state index in [-0.39, 0.29) is 36.8 Å². The molecule has 0 spiro atoms. The Hall–Kier alpha value is -3.45. The third-order valence-corrected chi connectivity index (χ3v) is 9.86. The highest BCUT2D eigenvalue weighted by Crippen LogP contribution is 2.56. The first-order valence-electron chi connectivity index (χ1n) is 14.7. The summed E-state index contributed by atoms with van der Waals surface area (Å²) in [5.74, 6) is 1.57. The molecular weight excluding hydrogens is 502 g/mol. The van der Waals surface area contributed by atoms with Gasteiger partial charge < -0.3 is 15.5 Å². The van der Waals surface area contributed by atoms with Crippen LogP contribution in [0.25, 0.3) is 10.9 Å². The van der Waals surface area contributed by atoms with Gasteiger partial charge in [-0.05, 0) is 92.4 Å².